The minimum atomic E-state index is -0.149. The molecule has 2 heterocycles. The fourth-order valence-electron chi connectivity index (χ4n) is 3.80. The first-order valence-corrected chi connectivity index (χ1v) is 10.1. The van der Waals surface area contributed by atoms with E-state index in [1.807, 2.05) is 56.6 Å². The number of piperidine rings is 1. The number of urea groups is 1. The Labute approximate surface area is 167 Å². The SMILES string of the molecule is CN(C)CC(NC(=O)NCC(c1ccco1)N1CCCCC1)c1ccccc1. The van der Waals surface area contributed by atoms with Gasteiger partial charge >= 0.3 is 6.03 Å². The van der Waals surface area contributed by atoms with Gasteiger partial charge in [0, 0.05) is 13.1 Å². The van der Waals surface area contributed by atoms with Gasteiger partial charge in [-0.3, -0.25) is 4.90 Å². The molecule has 0 radical (unpaired) electrons. The number of hydrogen-bond acceptors (Lipinski definition) is 4. The van der Waals surface area contributed by atoms with E-state index in [2.05, 4.69) is 20.4 Å². The van der Waals surface area contributed by atoms with Gasteiger partial charge in [0.25, 0.3) is 0 Å². The highest BCUT2D eigenvalue weighted by atomic mass is 16.3. The summed E-state index contributed by atoms with van der Waals surface area (Å²) >= 11 is 0. The van der Waals surface area contributed by atoms with Gasteiger partial charge in [0.2, 0.25) is 0 Å². The van der Waals surface area contributed by atoms with E-state index >= 15 is 0 Å². The van der Waals surface area contributed by atoms with Gasteiger partial charge < -0.3 is 20.0 Å². The summed E-state index contributed by atoms with van der Waals surface area (Å²) in [4.78, 5) is 17.2. The highest BCUT2D eigenvalue weighted by Crippen LogP contribution is 2.24. The number of nitrogens with one attached hydrogen (secondary N) is 2. The summed E-state index contributed by atoms with van der Waals surface area (Å²) in [7, 11) is 4.03. The molecule has 2 N–H and O–H groups in total. The predicted molar refractivity (Wildman–Crippen MR) is 111 cm³/mol. The summed E-state index contributed by atoms with van der Waals surface area (Å²) in [6.45, 7) is 3.36. The van der Waals surface area contributed by atoms with Crippen molar-refractivity contribution in [3.63, 3.8) is 0 Å². The van der Waals surface area contributed by atoms with Gasteiger partial charge in [0.05, 0.1) is 18.3 Å². The maximum atomic E-state index is 12.7. The summed E-state index contributed by atoms with van der Waals surface area (Å²) < 4.78 is 5.66. The zero-order valence-corrected chi connectivity index (χ0v) is 16.9. The van der Waals surface area contributed by atoms with E-state index in [1.54, 1.807) is 6.26 Å². The van der Waals surface area contributed by atoms with Crippen LogP contribution < -0.4 is 10.6 Å². The Morgan fingerprint density at radius 3 is 2.50 bits per heavy atom. The average molecular weight is 385 g/mol. The molecule has 1 fully saturated rings. The quantitative estimate of drug-likeness (QED) is 0.732. The number of carbonyl (C=O) groups is 1. The second-order valence-electron chi connectivity index (χ2n) is 7.71. The molecule has 2 atom stereocenters. The number of carbonyl (C=O) groups excluding carboxylic acids is 1. The van der Waals surface area contributed by atoms with Crippen LogP contribution in [0.2, 0.25) is 0 Å². The molecule has 0 saturated carbocycles. The second-order valence-corrected chi connectivity index (χ2v) is 7.71. The Bertz CT molecular complexity index is 697. The molecule has 1 aliphatic rings. The lowest BCUT2D eigenvalue weighted by atomic mass is 10.1. The maximum absolute atomic E-state index is 12.7. The maximum Gasteiger partial charge on any atom is 0.315 e. The largest absolute Gasteiger partial charge is 0.468 e. The Morgan fingerprint density at radius 2 is 1.86 bits per heavy atom. The fourth-order valence-corrected chi connectivity index (χ4v) is 3.80. The third-order valence-electron chi connectivity index (χ3n) is 5.21. The number of rotatable bonds is 8. The molecule has 2 amide bonds. The number of furan rings is 1. The molecule has 1 aromatic heterocycles. The van der Waals surface area contributed by atoms with Crippen LogP contribution in [0.3, 0.4) is 0 Å². The van der Waals surface area contributed by atoms with E-state index in [0.717, 1.165) is 31.0 Å². The molecule has 28 heavy (non-hydrogen) atoms. The van der Waals surface area contributed by atoms with Gasteiger partial charge in [0.15, 0.2) is 0 Å². The van der Waals surface area contributed by atoms with Crippen LogP contribution in [0.4, 0.5) is 4.79 Å². The van der Waals surface area contributed by atoms with Crippen LogP contribution >= 0.6 is 0 Å². The Morgan fingerprint density at radius 1 is 1.11 bits per heavy atom. The van der Waals surface area contributed by atoms with Crippen molar-refractivity contribution in [2.75, 3.05) is 40.3 Å². The highest BCUT2D eigenvalue weighted by Gasteiger charge is 2.25. The highest BCUT2D eigenvalue weighted by molar-refractivity contribution is 5.74. The number of likely N-dealkylation sites (tertiary alicyclic amines) is 1. The van der Waals surface area contributed by atoms with Gasteiger partial charge in [-0.05, 0) is 57.7 Å². The summed E-state index contributed by atoms with van der Waals surface area (Å²) in [6, 6.07) is 13.9. The first-order chi connectivity index (χ1) is 13.6. The Balaban J connectivity index is 1.61. The lowest BCUT2D eigenvalue weighted by Crippen LogP contribution is -2.45. The predicted octanol–water partition coefficient (Wildman–Crippen LogP) is 3.41. The van der Waals surface area contributed by atoms with Gasteiger partial charge in [-0.15, -0.1) is 0 Å². The van der Waals surface area contributed by atoms with E-state index < -0.39 is 0 Å². The first-order valence-electron chi connectivity index (χ1n) is 10.1. The van der Waals surface area contributed by atoms with E-state index in [-0.39, 0.29) is 18.1 Å². The molecule has 6 nitrogen and oxygen atoms in total. The van der Waals surface area contributed by atoms with Crippen molar-refractivity contribution < 1.29 is 9.21 Å². The first kappa shape index (κ1) is 20.4. The van der Waals surface area contributed by atoms with Gasteiger partial charge in [0.1, 0.15) is 5.76 Å². The zero-order chi connectivity index (χ0) is 19.8. The van der Waals surface area contributed by atoms with Crippen molar-refractivity contribution in [2.24, 2.45) is 0 Å². The minimum absolute atomic E-state index is 0.0618. The lowest BCUT2D eigenvalue weighted by Gasteiger charge is -2.33. The van der Waals surface area contributed by atoms with E-state index in [0.29, 0.717) is 6.54 Å². The average Bonchev–Trinajstić information content (AvgIpc) is 3.23. The van der Waals surface area contributed by atoms with Crippen LogP contribution in [-0.4, -0.2) is 56.1 Å². The molecule has 152 valence electrons. The van der Waals surface area contributed by atoms with Crippen molar-refractivity contribution >= 4 is 6.03 Å². The molecule has 2 aromatic rings. The number of benzene rings is 1. The van der Waals surface area contributed by atoms with Crippen molar-refractivity contribution in [1.29, 1.82) is 0 Å². The molecule has 3 rings (SSSR count). The molecular weight excluding hydrogens is 352 g/mol. The standard InChI is InChI=1S/C22H32N4O2/c1-25(2)17-19(18-10-5-3-6-11-18)24-22(27)23-16-20(21-12-9-15-28-21)26-13-7-4-8-14-26/h3,5-6,9-12,15,19-20H,4,7-8,13-14,16-17H2,1-2H3,(H2,23,24,27). The minimum Gasteiger partial charge on any atom is -0.468 e. The molecule has 0 spiro atoms. The monoisotopic (exact) mass is 384 g/mol. The number of amides is 2. The normalized spacial score (nSPS) is 17.2. The van der Waals surface area contributed by atoms with E-state index in [1.165, 1.54) is 19.3 Å². The fraction of sp³-hybridized carbons (Fsp3) is 0.500. The summed E-state index contributed by atoms with van der Waals surface area (Å²) in [6.07, 6.45) is 5.37. The Kier molecular flexibility index (Phi) is 7.51. The third kappa shape index (κ3) is 5.84. The topological polar surface area (TPSA) is 60.8 Å². The summed E-state index contributed by atoms with van der Waals surface area (Å²) in [5, 5.41) is 6.20. The molecule has 6 heteroatoms. The van der Waals surface area contributed by atoms with Crippen LogP contribution in [-0.2, 0) is 0 Å². The summed E-state index contributed by atoms with van der Waals surface area (Å²) in [5.41, 5.74) is 1.10. The van der Waals surface area contributed by atoms with Crippen molar-refractivity contribution in [1.82, 2.24) is 20.4 Å². The van der Waals surface area contributed by atoms with Crippen molar-refractivity contribution in [3.8, 4) is 0 Å². The van der Waals surface area contributed by atoms with Crippen LogP contribution in [0, 0.1) is 0 Å². The molecule has 0 aliphatic carbocycles. The smallest absolute Gasteiger partial charge is 0.315 e. The lowest BCUT2D eigenvalue weighted by molar-refractivity contribution is 0.143. The molecule has 0 bridgehead atoms. The van der Waals surface area contributed by atoms with Crippen LogP contribution in [0.15, 0.2) is 53.1 Å². The molecule has 2 unspecified atom stereocenters. The van der Waals surface area contributed by atoms with Crippen molar-refractivity contribution in [3.05, 3.63) is 60.1 Å². The zero-order valence-electron chi connectivity index (χ0n) is 16.9. The van der Waals surface area contributed by atoms with E-state index in [9.17, 15) is 4.79 Å². The molecule has 1 saturated heterocycles. The molecule has 1 aromatic carbocycles. The Hall–Kier alpha value is -2.31. The summed E-state index contributed by atoms with van der Waals surface area (Å²) in [5.74, 6) is 0.912. The number of nitrogens with zero attached hydrogens (tertiary/aromatic N) is 2. The molecule has 1 aliphatic heterocycles. The second kappa shape index (κ2) is 10.3. The van der Waals surface area contributed by atoms with Gasteiger partial charge in [-0.25, -0.2) is 4.79 Å². The number of likely N-dealkylation sites (N-methyl/N-ethyl adjacent to an activating group) is 1. The van der Waals surface area contributed by atoms with Gasteiger partial charge in [-0.2, -0.15) is 0 Å². The molecular formula is C22H32N4O2. The van der Waals surface area contributed by atoms with Crippen LogP contribution in [0.25, 0.3) is 0 Å². The van der Waals surface area contributed by atoms with Crippen molar-refractivity contribution in [2.45, 2.75) is 31.3 Å². The van der Waals surface area contributed by atoms with Gasteiger partial charge in [-0.1, -0.05) is 36.8 Å². The number of hydrogen-bond donors (Lipinski definition) is 2. The third-order valence-corrected chi connectivity index (χ3v) is 5.21. The van der Waals surface area contributed by atoms with Crippen LogP contribution in [0.5, 0.6) is 0 Å². The van der Waals surface area contributed by atoms with Crippen LogP contribution in [0.1, 0.15) is 42.7 Å². The van der Waals surface area contributed by atoms with E-state index in [4.69, 9.17) is 4.42 Å².